The Balaban J connectivity index is 2.20. The van der Waals surface area contributed by atoms with Crippen molar-refractivity contribution < 1.29 is 9.31 Å². The molecule has 1 heterocycles. The molecule has 5 heteroatoms. The van der Waals surface area contributed by atoms with Gasteiger partial charge in [0.2, 0.25) is 0 Å². The van der Waals surface area contributed by atoms with E-state index in [0.29, 0.717) is 0 Å². The molecule has 18 heavy (non-hydrogen) atoms. The molecule has 1 aromatic carbocycles. The molecule has 0 aromatic heterocycles. The van der Waals surface area contributed by atoms with Crippen molar-refractivity contribution in [2.45, 2.75) is 44.8 Å². The molecule has 2 N–H and O–H groups in total. The fourth-order valence-electron chi connectivity index (χ4n) is 1.91. The summed E-state index contributed by atoms with van der Waals surface area (Å²) < 4.78 is 12.9. The van der Waals surface area contributed by atoms with Crippen LogP contribution < -0.4 is 5.73 Å². The molecule has 0 unspecified atom stereocenters. The van der Waals surface area contributed by atoms with Crippen LogP contribution in [-0.2, 0) is 9.31 Å². The first-order chi connectivity index (χ1) is 8.23. The molecule has 0 spiro atoms. The Morgan fingerprint density at radius 2 is 1.72 bits per heavy atom. The molecule has 0 amide bonds. The van der Waals surface area contributed by atoms with Gasteiger partial charge in [0, 0.05) is 4.47 Å². The highest BCUT2D eigenvalue weighted by atomic mass is 79.9. The van der Waals surface area contributed by atoms with Crippen molar-refractivity contribution in [2.75, 3.05) is 0 Å². The second-order valence-electron chi connectivity index (χ2n) is 5.71. The number of rotatable bonds is 2. The highest BCUT2D eigenvalue weighted by Gasteiger charge is 2.53. The minimum Gasteiger partial charge on any atom is -0.402 e. The van der Waals surface area contributed by atoms with Gasteiger partial charge in [0.25, 0.3) is 0 Å². The lowest BCUT2D eigenvalue weighted by molar-refractivity contribution is 0.00578. The largest absolute Gasteiger partial charge is 0.480 e. The third kappa shape index (κ3) is 2.50. The van der Waals surface area contributed by atoms with Gasteiger partial charge in [-0.3, -0.25) is 0 Å². The summed E-state index contributed by atoms with van der Waals surface area (Å²) in [4.78, 5) is 0. The summed E-state index contributed by atoms with van der Waals surface area (Å²) in [6, 6.07) is 7.92. The van der Waals surface area contributed by atoms with E-state index in [-0.39, 0.29) is 17.1 Å². The predicted octanol–water partition coefficient (Wildman–Crippen LogP) is 3.08. The van der Waals surface area contributed by atoms with Gasteiger partial charge in [-0.15, -0.1) is 0 Å². The number of halogens is 1. The van der Waals surface area contributed by atoms with Gasteiger partial charge < -0.3 is 15.0 Å². The van der Waals surface area contributed by atoms with Crippen molar-refractivity contribution in [3.8, 4) is 0 Å². The van der Waals surface area contributed by atoms with Crippen molar-refractivity contribution in [2.24, 2.45) is 5.73 Å². The van der Waals surface area contributed by atoms with E-state index in [1.54, 1.807) is 0 Å². The Bertz CT molecular complexity index is 434. The predicted molar refractivity (Wildman–Crippen MR) is 77.2 cm³/mol. The molecule has 0 bridgehead atoms. The molecule has 1 aromatic rings. The van der Waals surface area contributed by atoms with Gasteiger partial charge in [0.1, 0.15) is 0 Å². The minimum absolute atomic E-state index is 0.288. The van der Waals surface area contributed by atoms with Gasteiger partial charge in [-0.05, 0) is 45.4 Å². The first-order valence-electron chi connectivity index (χ1n) is 6.10. The standard InChI is InChI=1S/C13H19BBrNO2/c1-12(2)13(3,4)18-14(17-12)11(16)9-6-5-7-10(15)8-9/h5-8,11H,16H2,1-4H3/t11-/m0/s1. The normalized spacial score (nSPS) is 23.1. The molecule has 2 rings (SSSR count). The molecule has 1 fully saturated rings. The highest BCUT2D eigenvalue weighted by Crippen LogP contribution is 2.39. The van der Waals surface area contributed by atoms with Crippen molar-refractivity contribution in [1.82, 2.24) is 0 Å². The Labute approximate surface area is 117 Å². The fraction of sp³-hybridized carbons (Fsp3) is 0.538. The zero-order valence-corrected chi connectivity index (χ0v) is 12.8. The average Bonchev–Trinajstić information content (AvgIpc) is 2.47. The van der Waals surface area contributed by atoms with Crippen LogP contribution >= 0.6 is 15.9 Å². The van der Waals surface area contributed by atoms with Gasteiger partial charge in [-0.25, -0.2) is 0 Å². The average molecular weight is 312 g/mol. The Morgan fingerprint density at radius 3 is 2.22 bits per heavy atom. The summed E-state index contributed by atoms with van der Waals surface area (Å²) in [5.74, 6) is -0.288. The number of hydrogen-bond acceptors (Lipinski definition) is 3. The van der Waals surface area contributed by atoms with Crippen LogP contribution in [0.15, 0.2) is 28.7 Å². The lowest BCUT2D eigenvalue weighted by atomic mass is 9.75. The van der Waals surface area contributed by atoms with E-state index >= 15 is 0 Å². The van der Waals surface area contributed by atoms with E-state index in [0.717, 1.165) is 10.0 Å². The SMILES string of the molecule is CC1(C)OB([C@@H](N)c2cccc(Br)c2)OC1(C)C. The maximum Gasteiger partial charge on any atom is 0.480 e. The lowest BCUT2D eigenvalue weighted by Gasteiger charge is -2.32. The zero-order valence-electron chi connectivity index (χ0n) is 11.2. The second kappa shape index (κ2) is 4.64. The lowest BCUT2D eigenvalue weighted by Crippen LogP contribution is -2.41. The maximum absolute atomic E-state index is 6.24. The smallest absolute Gasteiger partial charge is 0.402 e. The van der Waals surface area contributed by atoms with E-state index in [1.165, 1.54) is 0 Å². The summed E-state index contributed by atoms with van der Waals surface area (Å²) >= 11 is 3.45. The van der Waals surface area contributed by atoms with Gasteiger partial charge in [0.05, 0.1) is 17.1 Å². The van der Waals surface area contributed by atoms with Crippen LogP contribution in [0.25, 0.3) is 0 Å². The number of hydrogen-bond donors (Lipinski definition) is 1. The van der Waals surface area contributed by atoms with Crippen molar-refractivity contribution in [3.63, 3.8) is 0 Å². The molecule has 0 saturated carbocycles. The van der Waals surface area contributed by atoms with Crippen LogP contribution in [0.2, 0.25) is 0 Å². The van der Waals surface area contributed by atoms with Crippen LogP contribution in [0.4, 0.5) is 0 Å². The first kappa shape index (κ1) is 14.1. The van der Waals surface area contributed by atoms with Crippen molar-refractivity contribution >= 4 is 23.0 Å². The maximum atomic E-state index is 6.24. The van der Waals surface area contributed by atoms with Crippen molar-refractivity contribution in [3.05, 3.63) is 34.3 Å². The van der Waals surface area contributed by atoms with Crippen LogP contribution in [0.1, 0.15) is 39.2 Å². The molecule has 0 aliphatic carbocycles. The third-order valence-corrected chi connectivity index (χ3v) is 4.29. The topological polar surface area (TPSA) is 44.5 Å². The summed E-state index contributed by atoms with van der Waals surface area (Å²) in [5, 5.41) is 0. The zero-order chi connectivity index (χ0) is 13.6. The van der Waals surface area contributed by atoms with E-state index in [2.05, 4.69) is 15.9 Å². The monoisotopic (exact) mass is 311 g/mol. The van der Waals surface area contributed by atoms with E-state index in [9.17, 15) is 0 Å². The second-order valence-corrected chi connectivity index (χ2v) is 6.62. The van der Waals surface area contributed by atoms with Crippen molar-refractivity contribution in [1.29, 1.82) is 0 Å². The molecule has 1 atom stereocenters. The summed E-state index contributed by atoms with van der Waals surface area (Å²) in [7, 11) is -0.413. The Kier molecular flexibility index (Phi) is 3.62. The van der Waals surface area contributed by atoms with Gasteiger partial charge in [0.15, 0.2) is 0 Å². The Morgan fingerprint density at radius 1 is 1.17 bits per heavy atom. The first-order valence-corrected chi connectivity index (χ1v) is 6.89. The molecule has 3 nitrogen and oxygen atoms in total. The molecular weight excluding hydrogens is 293 g/mol. The Hall–Kier alpha value is -0.355. The van der Waals surface area contributed by atoms with Crippen LogP contribution in [0.5, 0.6) is 0 Å². The van der Waals surface area contributed by atoms with Crippen LogP contribution in [0.3, 0.4) is 0 Å². The third-order valence-electron chi connectivity index (χ3n) is 3.80. The minimum atomic E-state index is -0.413. The van der Waals surface area contributed by atoms with Crippen LogP contribution in [0, 0.1) is 0 Å². The number of nitrogens with two attached hydrogens (primary N) is 1. The summed E-state index contributed by atoms with van der Waals surface area (Å²) in [6.07, 6.45) is 0. The molecule has 1 aliphatic heterocycles. The highest BCUT2D eigenvalue weighted by molar-refractivity contribution is 9.10. The van der Waals surface area contributed by atoms with E-state index in [4.69, 9.17) is 15.0 Å². The molecule has 1 aliphatic rings. The molecular formula is C13H19BBrNO2. The molecule has 98 valence electrons. The van der Waals surface area contributed by atoms with Gasteiger partial charge >= 0.3 is 7.12 Å². The van der Waals surface area contributed by atoms with Crippen LogP contribution in [-0.4, -0.2) is 18.3 Å². The van der Waals surface area contributed by atoms with E-state index in [1.807, 2.05) is 52.0 Å². The van der Waals surface area contributed by atoms with Gasteiger partial charge in [-0.2, -0.15) is 0 Å². The number of benzene rings is 1. The fourth-order valence-corrected chi connectivity index (χ4v) is 2.32. The summed E-state index contributed by atoms with van der Waals surface area (Å²) in [5.41, 5.74) is 6.55. The van der Waals surface area contributed by atoms with E-state index < -0.39 is 7.12 Å². The summed E-state index contributed by atoms with van der Waals surface area (Å²) in [6.45, 7) is 8.11. The molecule has 1 saturated heterocycles. The quantitative estimate of drug-likeness (QED) is 0.854. The van der Waals surface area contributed by atoms with Gasteiger partial charge in [-0.1, -0.05) is 28.1 Å². The molecule has 0 radical (unpaired) electrons.